The zero-order chi connectivity index (χ0) is 20.3. The van der Waals surface area contributed by atoms with Crippen molar-refractivity contribution in [2.75, 3.05) is 18.4 Å². The number of pyridine rings is 1. The first-order valence-corrected chi connectivity index (χ1v) is 10.5. The zero-order valence-electron chi connectivity index (χ0n) is 17.2. The molecule has 0 aliphatic carbocycles. The Labute approximate surface area is 176 Å². The highest BCUT2D eigenvalue weighted by atomic mass is 15.1. The topological polar surface area (TPSA) is 58.9 Å². The van der Waals surface area contributed by atoms with Crippen molar-refractivity contribution in [2.24, 2.45) is 7.05 Å². The number of piperidine rings is 1. The molecule has 0 saturated carbocycles. The second-order valence-electron chi connectivity index (χ2n) is 8.00. The Morgan fingerprint density at radius 3 is 2.67 bits per heavy atom. The number of para-hydroxylation sites is 1. The molecule has 1 saturated heterocycles. The highest BCUT2D eigenvalue weighted by molar-refractivity contribution is 5.83. The number of rotatable bonds is 5. The Hall–Kier alpha value is -3.25. The molecular weight excluding hydrogens is 372 g/mol. The Morgan fingerprint density at radius 1 is 1.00 bits per heavy atom. The number of aromatic nitrogens is 4. The van der Waals surface area contributed by atoms with E-state index in [0.29, 0.717) is 5.92 Å². The van der Waals surface area contributed by atoms with Gasteiger partial charge in [0.1, 0.15) is 11.6 Å². The lowest BCUT2D eigenvalue weighted by Gasteiger charge is -2.31. The summed E-state index contributed by atoms with van der Waals surface area (Å²) < 4.78 is 2.23. The predicted molar refractivity (Wildman–Crippen MR) is 120 cm³/mol. The monoisotopic (exact) mass is 398 g/mol. The average molecular weight is 399 g/mol. The van der Waals surface area contributed by atoms with E-state index in [9.17, 15) is 0 Å². The molecular formula is C24H26N6. The summed E-state index contributed by atoms with van der Waals surface area (Å²) in [5.74, 6) is 1.99. The third-order valence-corrected chi connectivity index (χ3v) is 5.95. The number of benzene rings is 1. The fraction of sp³-hybridized carbons (Fsp3) is 0.292. The van der Waals surface area contributed by atoms with Crippen molar-refractivity contribution in [1.29, 1.82) is 0 Å². The summed E-state index contributed by atoms with van der Waals surface area (Å²) in [5.41, 5.74) is 3.78. The first kappa shape index (κ1) is 18.8. The minimum absolute atomic E-state index is 0.451. The van der Waals surface area contributed by atoms with Crippen LogP contribution in [0.25, 0.3) is 10.9 Å². The maximum absolute atomic E-state index is 4.81. The first-order chi connectivity index (χ1) is 14.8. The predicted octanol–water partition coefficient (Wildman–Crippen LogP) is 4.49. The molecule has 1 aliphatic heterocycles. The van der Waals surface area contributed by atoms with Crippen molar-refractivity contribution in [2.45, 2.75) is 25.3 Å². The van der Waals surface area contributed by atoms with Gasteiger partial charge in [0.25, 0.3) is 0 Å². The van der Waals surface area contributed by atoms with Crippen LogP contribution < -0.4 is 5.32 Å². The molecule has 0 spiro atoms. The van der Waals surface area contributed by atoms with Crippen LogP contribution in [0.3, 0.4) is 0 Å². The van der Waals surface area contributed by atoms with Crippen LogP contribution in [0.4, 0.5) is 11.6 Å². The lowest BCUT2D eigenvalue weighted by Crippen LogP contribution is -2.32. The molecule has 1 N–H and O–H groups in total. The van der Waals surface area contributed by atoms with Crippen LogP contribution in [0.2, 0.25) is 0 Å². The Bertz CT molecular complexity index is 1130. The van der Waals surface area contributed by atoms with E-state index in [1.165, 1.54) is 16.5 Å². The molecule has 0 atom stereocenters. The van der Waals surface area contributed by atoms with E-state index in [-0.39, 0.29) is 0 Å². The molecule has 5 rings (SSSR count). The Kier molecular flexibility index (Phi) is 5.15. The smallest absolute Gasteiger partial charge is 0.150 e. The van der Waals surface area contributed by atoms with Gasteiger partial charge in [-0.3, -0.25) is 9.88 Å². The first-order valence-electron chi connectivity index (χ1n) is 10.5. The van der Waals surface area contributed by atoms with Crippen LogP contribution in [0.5, 0.6) is 0 Å². The van der Waals surface area contributed by atoms with Crippen molar-refractivity contribution in [1.82, 2.24) is 24.4 Å². The molecule has 152 valence electrons. The van der Waals surface area contributed by atoms with E-state index >= 15 is 0 Å². The molecule has 0 unspecified atom stereocenters. The maximum Gasteiger partial charge on any atom is 0.150 e. The molecule has 4 aromatic rings. The molecule has 1 fully saturated rings. The highest BCUT2D eigenvalue weighted by Crippen LogP contribution is 2.29. The number of hydrogen-bond donors (Lipinski definition) is 1. The summed E-state index contributed by atoms with van der Waals surface area (Å²) in [7, 11) is 2.13. The van der Waals surface area contributed by atoms with Crippen molar-refractivity contribution in [3.05, 3.63) is 78.5 Å². The number of nitrogens with one attached hydrogen (secondary N) is 1. The average Bonchev–Trinajstić information content (AvgIpc) is 3.11. The van der Waals surface area contributed by atoms with Gasteiger partial charge in [0.2, 0.25) is 0 Å². The molecule has 3 aromatic heterocycles. The quantitative estimate of drug-likeness (QED) is 0.537. The van der Waals surface area contributed by atoms with E-state index in [1.54, 1.807) is 12.4 Å². The molecule has 1 aromatic carbocycles. The number of likely N-dealkylation sites (tertiary alicyclic amines) is 1. The zero-order valence-corrected chi connectivity index (χ0v) is 17.2. The van der Waals surface area contributed by atoms with Crippen LogP contribution in [0.1, 0.15) is 30.0 Å². The van der Waals surface area contributed by atoms with Gasteiger partial charge in [-0.25, -0.2) is 9.97 Å². The fourth-order valence-electron chi connectivity index (χ4n) is 4.39. The van der Waals surface area contributed by atoms with Crippen LogP contribution in [0.15, 0.2) is 67.3 Å². The third-order valence-electron chi connectivity index (χ3n) is 5.95. The molecule has 0 bridgehead atoms. The number of nitrogens with zero attached hydrogens (tertiary/aromatic N) is 5. The largest absolute Gasteiger partial charge is 0.350 e. The second kappa shape index (κ2) is 8.24. The van der Waals surface area contributed by atoms with Crippen LogP contribution in [0, 0.1) is 0 Å². The van der Waals surface area contributed by atoms with Gasteiger partial charge in [-0.2, -0.15) is 0 Å². The normalized spacial score (nSPS) is 15.5. The van der Waals surface area contributed by atoms with E-state index in [4.69, 9.17) is 4.98 Å². The second-order valence-corrected chi connectivity index (χ2v) is 8.00. The third kappa shape index (κ3) is 3.91. The van der Waals surface area contributed by atoms with Crippen molar-refractivity contribution in [3.63, 3.8) is 0 Å². The molecule has 4 heterocycles. The summed E-state index contributed by atoms with van der Waals surface area (Å²) in [6.45, 7) is 3.15. The fourth-order valence-corrected chi connectivity index (χ4v) is 4.39. The summed E-state index contributed by atoms with van der Waals surface area (Å²) in [5, 5.41) is 4.61. The molecule has 30 heavy (non-hydrogen) atoms. The number of aryl methyl sites for hydroxylation is 1. The van der Waals surface area contributed by atoms with E-state index in [0.717, 1.165) is 49.8 Å². The minimum Gasteiger partial charge on any atom is -0.350 e. The maximum atomic E-state index is 4.81. The van der Waals surface area contributed by atoms with E-state index < -0.39 is 0 Å². The molecule has 1 aliphatic rings. The number of fused-ring (bicyclic) bond motifs is 1. The van der Waals surface area contributed by atoms with Crippen molar-refractivity contribution < 1.29 is 0 Å². The van der Waals surface area contributed by atoms with Gasteiger partial charge in [-0.15, -0.1) is 0 Å². The van der Waals surface area contributed by atoms with Gasteiger partial charge in [0.05, 0.1) is 11.9 Å². The van der Waals surface area contributed by atoms with Gasteiger partial charge in [-0.1, -0.05) is 24.3 Å². The lowest BCUT2D eigenvalue weighted by molar-refractivity contribution is 0.204. The standard InChI is InChI=1S/C24H26N6/c1-29-16-19(20-6-2-3-7-22(20)29)17-30-12-9-18(10-13-30)21-14-25-15-24(27-21)28-23-8-4-5-11-26-23/h2-8,11,14-16,18H,9-10,12-13,17H2,1H3,(H,26,27,28). The number of hydrogen-bond acceptors (Lipinski definition) is 5. The highest BCUT2D eigenvalue weighted by Gasteiger charge is 2.23. The number of anilines is 2. The minimum atomic E-state index is 0.451. The van der Waals surface area contributed by atoms with Gasteiger partial charge in [0, 0.05) is 49.0 Å². The van der Waals surface area contributed by atoms with Crippen LogP contribution >= 0.6 is 0 Å². The van der Waals surface area contributed by atoms with Crippen LogP contribution in [-0.4, -0.2) is 37.5 Å². The Morgan fingerprint density at radius 2 is 1.83 bits per heavy atom. The molecule has 6 heteroatoms. The summed E-state index contributed by atoms with van der Waals surface area (Å²) in [4.78, 5) is 16.1. The molecule has 0 radical (unpaired) electrons. The SMILES string of the molecule is Cn1cc(CN2CCC(c3cncc(Nc4ccccn4)n3)CC2)c2ccccc21. The van der Waals surface area contributed by atoms with Crippen molar-refractivity contribution >= 4 is 22.5 Å². The molecule has 6 nitrogen and oxygen atoms in total. The summed E-state index contributed by atoms with van der Waals surface area (Å²) >= 11 is 0. The summed E-state index contributed by atoms with van der Waals surface area (Å²) in [6.07, 6.45) is 9.92. The Balaban J connectivity index is 1.23. The van der Waals surface area contributed by atoms with Crippen molar-refractivity contribution in [3.8, 4) is 0 Å². The van der Waals surface area contributed by atoms with Crippen LogP contribution in [-0.2, 0) is 13.6 Å². The van der Waals surface area contributed by atoms with Gasteiger partial charge in [-0.05, 0) is 49.7 Å². The van der Waals surface area contributed by atoms with E-state index in [1.807, 2.05) is 24.4 Å². The van der Waals surface area contributed by atoms with Gasteiger partial charge < -0.3 is 9.88 Å². The van der Waals surface area contributed by atoms with E-state index in [2.05, 4.69) is 62.3 Å². The lowest BCUT2D eigenvalue weighted by atomic mass is 9.93. The van der Waals surface area contributed by atoms with Gasteiger partial charge in [0.15, 0.2) is 0 Å². The summed E-state index contributed by atoms with van der Waals surface area (Å²) in [6, 6.07) is 14.4. The molecule has 0 amide bonds. The van der Waals surface area contributed by atoms with Gasteiger partial charge >= 0.3 is 0 Å².